The molecule has 1 N–H and O–H groups in total. The molecule has 2 rings (SSSR count). The van der Waals surface area contributed by atoms with Gasteiger partial charge in [-0.05, 0) is 36.4 Å². The van der Waals surface area contributed by atoms with Gasteiger partial charge >= 0.3 is 0 Å². The van der Waals surface area contributed by atoms with Crippen molar-refractivity contribution in [3.8, 4) is 6.07 Å². The van der Waals surface area contributed by atoms with Gasteiger partial charge in [0.1, 0.15) is 5.69 Å². The van der Waals surface area contributed by atoms with E-state index in [0.29, 0.717) is 5.69 Å². The fourth-order valence-corrected chi connectivity index (χ4v) is 1.74. The molecule has 0 saturated carbocycles. The van der Waals surface area contributed by atoms with Crippen molar-refractivity contribution in [1.29, 1.82) is 5.26 Å². The van der Waals surface area contributed by atoms with E-state index in [-0.39, 0.29) is 11.3 Å². The summed E-state index contributed by atoms with van der Waals surface area (Å²) in [6, 6.07) is 10.8. The maximum atomic E-state index is 13.7. The van der Waals surface area contributed by atoms with Gasteiger partial charge in [0, 0.05) is 25.5 Å². The highest BCUT2D eigenvalue weighted by atomic mass is 19.1. The molecule has 2 aromatic carbocycles. The van der Waals surface area contributed by atoms with Crippen LogP contribution in [0.25, 0.3) is 0 Å². The molecular weight excluding hydrogens is 260 g/mol. The molecule has 0 radical (unpaired) electrons. The van der Waals surface area contributed by atoms with Gasteiger partial charge in [-0.2, -0.15) is 5.26 Å². The first-order valence-corrected chi connectivity index (χ1v) is 5.95. The lowest BCUT2D eigenvalue weighted by atomic mass is 10.2. The molecular formula is C15H13F2N3. The summed E-state index contributed by atoms with van der Waals surface area (Å²) in [6.07, 6.45) is 0. The predicted molar refractivity (Wildman–Crippen MR) is 75.1 cm³/mol. The average molecular weight is 273 g/mol. The lowest BCUT2D eigenvalue weighted by Crippen LogP contribution is -2.08. The molecule has 2 aromatic rings. The molecule has 0 fully saturated rings. The van der Waals surface area contributed by atoms with E-state index < -0.39 is 11.6 Å². The quantitative estimate of drug-likeness (QED) is 0.927. The Morgan fingerprint density at radius 3 is 2.05 bits per heavy atom. The predicted octanol–water partition coefficient (Wildman–Crippen LogP) is 3.65. The fourth-order valence-electron chi connectivity index (χ4n) is 1.74. The number of hydrogen-bond acceptors (Lipinski definition) is 3. The van der Waals surface area contributed by atoms with Crippen molar-refractivity contribution in [3.05, 3.63) is 53.6 Å². The highest BCUT2D eigenvalue weighted by Gasteiger charge is 2.11. The van der Waals surface area contributed by atoms with Crippen LogP contribution in [0.1, 0.15) is 5.56 Å². The number of nitrogens with zero attached hydrogens (tertiary/aromatic N) is 2. The molecule has 3 nitrogen and oxygen atoms in total. The summed E-state index contributed by atoms with van der Waals surface area (Å²) in [7, 11) is 3.81. The molecule has 0 amide bonds. The van der Waals surface area contributed by atoms with E-state index in [1.807, 2.05) is 31.1 Å². The Hall–Kier alpha value is -2.61. The van der Waals surface area contributed by atoms with E-state index in [2.05, 4.69) is 5.32 Å². The minimum Gasteiger partial charge on any atom is -0.378 e. The average Bonchev–Trinajstić information content (AvgIpc) is 2.43. The first-order valence-electron chi connectivity index (χ1n) is 5.95. The van der Waals surface area contributed by atoms with Crippen LogP contribution in [0.2, 0.25) is 0 Å². The van der Waals surface area contributed by atoms with E-state index >= 15 is 0 Å². The van der Waals surface area contributed by atoms with Gasteiger partial charge in [0.05, 0.1) is 11.6 Å². The van der Waals surface area contributed by atoms with Gasteiger partial charge in [-0.25, -0.2) is 8.78 Å². The third-order valence-corrected chi connectivity index (χ3v) is 2.82. The van der Waals surface area contributed by atoms with Gasteiger partial charge in [0.2, 0.25) is 0 Å². The lowest BCUT2D eigenvalue weighted by Gasteiger charge is -2.14. The van der Waals surface area contributed by atoms with E-state index in [4.69, 9.17) is 5.26 Å². The number of nitrogens with one attached hydrogen (secondary N) is 1. The van der Waals surface area contributed by atoms with Crippen molar-refractivity contribution < 1.29 is 8.78 Å². The summed E-state index contributed by atoms with van der Waals surface area (Å²) >= 11 is 0. The number of benzene rings is 2. The molecule has 0 spiro atoms. The van der Waals surface area contributed by atoms with Gasteiger partial charge in [-0.15, -0.1) is 0 Å². The number of halogens is 2. The van der Waals surface area contributed by atoms with Crippen LogP contribution in [0.15, 0.2) is 36.4 Å². The Bertz CT molecular complexity index is 635. The normalized spacial score (nSPS) is 9.95. The monoisotopic (exact) mass is 273 g/mol. The Morgan fingerprint density at radius 2 is 1.60 bits per heavy atom. The standard InChI is InChI=1S/C15H13F2N3/c1-20(2)12-5-3-11(4-6-12)19-15-13(16)7-10(9-18)8-14(15)17/h3-8,19H,1-2H3. The van der Waals surface area contributed by atoms with E-state index in [9.17, 15) is 8.78 Å². The van der Waals surface area contributed by atoms with Crippen LogP contribution in [0.5, 0.6) is 0 Å². The second-order valence-electron chi connectivity index (χ2n) is 4.49. The van der Waals surface area contributed by atoms with E-state index in [1.54, 1.807) is 18.2 Å². The summed E-state index contributed by atoms with van der Waals surface area (Å²) in [5.74, 6) is -1.59. The number of anilines is 3. The number of nitriles is 1. The molecule has 0 aliphatic carbocycles. The van der Waals surface area contributed by atoms with Crippen molar-refractivity contribution >= 4 is 17.1 Å². The Labute approximate surface area is 116 Å². The van der Waals surface area contributed by atoms with Gasteiger partial charge in [0.25, 0.3) is 0 Å². The molecule has 0 aliphatic rings. The van der Waals surface area contributed by atoms with E-state index in [1.165, 1.54) is 0 Å². The molecule has 0 unspecified atom stereocenters. The van der Waals surface area contributed by atoms with Crippen LogP contribution in [0, 0.1) is 23.0 Å². The highest BCUT2D eigenvalue weighted by Crippen LogP contribution is 2.25. The molecule has 0 heterocycles. The zero-order chi connectivity index (χ0) is 14.7. The van der Waals surface area contributed by atoms with Gasteiger partial charge in [0.15, 0.2) is 11.6 Å². The third-order valence-electron chi connectivity index (χ3n) is 2.82. The summed E-state index contributed by atoms with van der Waals surface area (Å²) in [4.78, 5) is 1.92. The summed E-state index contributed by atoms with van der Waals surface area (Å²) in [5.41, 5.74) is 1.24. The second kappa shape index (κ2) is 5.57. The fraction of sp³-hybridized carbons (Fsp3) is 0.133. The first-order chi connectivity index (χ1) is 9.51. The topological polar surface area (TPSA) is 39.1 Å². The largest absolute Gasteiger partial charge is 0.378 e. The minimum absolute atomic E-state index is 0.0477. The van der Waals surface area contributed by atoms with Crippen LogP contribution in [0.3, 0.4) is 0 Å². The smallest absolute Gasteiger partial charge is 0.150 e. The zero-order valence-corrected chi connectivity index (χ0v) is 11.1. The molecule has 0 bridgehead atoms. The minimum atomic E-state index is -0.793. The maximum Gasteiger partial charge on any atom is 0.150 e. The SMILES string of the molecule is CN(C)c1ccc(Nc2c(F)cc(C#N)cc2F)cc1. The van der Waals surface area contributed by atoms with Gasteiger partial charge < -0.3 is 10.2 Å². The number of rotatable bonds is 3. The van der Waals surface area contributed by atoms with Crippen molar-refractivity contribution in [2.24, 2.45) is 0 Å². The Kier molecular flexibility index (Phi) is 3.85. The molecule has 0 atom stereocenters. The molecule has 20 heavy (non-hydrogen) atoms. The Morgan fingerprint density at radius 1 is 1.05 bits per heavy atom. The summed E-state index contributed by atoms with van der Waals surface area (Å²) < 4.78 is 27.5. The first kappa shape index (κ1) is 13.8. The zero-order valence-electron chi connectivity index (χ0n) is 11.1. The van der Waals surface area contributed by atoms with Crippen molar-refractivity contribution in [3.63, 3.8) is 0 Å². The van der Waals surface area contributed by atoms with Crippen molar-refractivity contribution in [1.82, 2.24) is 0 Å². The number of hydrogen-bond donors (Lipinski definition) is 1. The maximum absolute atomic E-state index is 13.7. The molecule has 0 saturated heterocycles. The molecule has 0 aromatic heterocycles. The van der Waals surface area contributed by atoms with Crippen LogP contribution in [0.4, 0.5) is 25.8 Å². The van der Waals surface area contributed by atoms with E-state index in [0.717, 1.165) is 17.8 Å². The highest BCUT2D eigenvalue weighted by molar-refractivity contribution is 5.64. The molecule has 102 valence electrons. The van der Waals surface area contributed by atoms with Crippen LogP contribution in [-0.4, -0.2) is 14.1 Å². The molecule has 0 aliphatic heterocycles. The lowest BCUT2D eigenvalue weighted by molar-refractivity contribution is 0.590. The van der Waals surface area contributed by atoms with Crippen LogP contribution < -0.4 is 10.2 Å². The third kappa shape index (κ3) is 2.86. The Balaban J connectivity index is 2.28. The molecule has 5 heteroatoms. The van der Waals surface area contributed by atoms with Gasteiger partial charge in [-0.3, -0.25) is 0 Å². The van der Waals surface area contributed by atoms with Crippen molar-refractivity contribution in [2.45, 2.75) is 0 Å². The second-order valence-corrected chi connectivity index (χ2v) is 4.49. The summed E-state index contributed by atoms with van der Waals surface area (Å²) in [6.45, 7) is 0. The summed E-state index contributed by atoms with van der Waals surface area (Å²) in [5, 5.41) is 11.3. The van der Waals surface area contributed by atoms with Crippen LogP contribution in [-0.2, 0) is 0 Å². The van der Waals surface area contributed by atoms with Crippen LogP contribution >= 0.6 is 0 Å². The van der Waals surface area contributed by atoms with Gasteiger partial charge in [-0.1, -0.05) is 0 Å². The van der Waals surface area contributed by atoms with Crippen molar-refractivity contribution in [2.75, 3.05) is 24.3 Å².